The minimum atomic E-state index is 0.977. The molecule has 3 heterocycles. The molecule has 0 fully saturated rings. The van der Waals surface area contributed by atoms with Gasteiger partial charge >= 0.3 is 0 Å². The van der Waals surface area contributed by atoms with Crippen molar-refractivity contribution in [2.24, 2.45) is 0 Å². The Morgan fingerprint density at radius 2 is 1.42 bits per heavy atom. The third-order valence-corrected chi connectivity index (χ3v) is 6.88. The number of pyridine rings is 2. The molecule has 0 radical (unpaired) electrons. The maximum Gasteiger partial charge on any atom is 0.0710 e. The van der Waals surface area contributed by atoms with E-state index in [0.717, 1.165) is 44.6 Å². The van der Waals surface area contributed by atoms with Gasteiger partial charge in [-0.2, -0.15) is 0 Å². The summed E-state index contributed by atoms with van der Waals surface area (Å²) in [4.78, 5) is 9.57. The minimum Gasteiger partial charge on any atom is -0.309 e. The normalized spacial score (nSPS) is 11.5. The number of aryl methyl sites for hydroxylation is 1. The summed E-state index contributed by atoms with van der Waals surface area (Å²) in [5, 5.41) is 3.62. The summed E-state index contributed by atoms with van der Waals surface area (Å²) < 4.78 is 2.36. The third kappa shape index (κ3) is 3.37. The van der Waals surface area contributed by atoms with Crippen LogP contribution in [0.2, 0.25) is 0 Å². The van der Waals surface area contributed by atoms with E-state index in [4.69, 9.17) is 4.98 Å². The number of fused-ring (bicyclic) bond motifs is 4. The van der Waals surface area contributed by atoms with Gasteiger partial charge in [0, 0.05) is 39.2 Å². The Kier molecular flexibility index (Phi) is 4.68. The molecule has 3 nitrogen and oxygen atoms in total. The first-order valence-electron chi connectivity index (χ1n) is 12.2. The predicted octanol–water partition coefficient (Wildman–Crippen LogP) is 8.37. The fraction of sp³-hybridized carbons (Fsp3) is 0.0303. The highest BCUT2D eigenvalue weighted by Crippen LogP contribution is 2.35. The Labute approximate surface area is 209 Å². The molecule has 0 amide bonds. The van der Waals surface area contributed by atoms with Crippen LogP contribution in [0.5, 0.6) is 0 Å². The lowest BCUT2D eigenvalue weighted by molar-refractivity contribution is 1.18. The highest BCUT2D eigenvalue weighted by Gasteiger charge is 2.14. The molecular weight excluding hydrogens is 438 g/mol. The molecular formula is C33H23N3. The number of para-hydroxylation sites is 2. The highest BCUT2D eigenvalue weighted by atomic mass is 15.0. The summed E-state index contributed by atoms with van der Waals surface area (Å²) in [5.41, 5.74) is 9.85. The molecule has 36 heavy (non-hydrogen) atoms. The average Bonchev–Trinajstić information content (AvgIpc) is 3.26. The Morgan fingerprint density at radius 1 is 0.583 bits per heavy atom. The Morgan fingerprint density at radius 3 is 2.36 bits per heavy atom. The molecule has 0 aliphatic rings. The van der Waals surface area contributed by atoms with Crippen LogP contribution in [0.25, 0.3) is 60.9 Å². The fourth-order valence-corrected chi connectivity index (χ4v) is 5.13. The van der Waals surface area contributed by atoms with E-state index in [2.05, 4.69) is 120 Å². The Bertz CT molecular complexity index is 1910. The summed E-state index contributed by atoms with van der Waals surface area (Å²) in [7, 11) is 0. The van der Waals surface area contributed by atoms with Crippen molar-refractivity contribution in [3.8, 4) is 28.2 Å². The van der Waals surface area contributed by atoms with Crippen molar-refractivity contribution in [3.63, 3.8) is 0 Å². The number of aromatic nitrogens is 3. The van der Waals surface area contributed by atoms with Crippen LogP contribution in [-0.4, -0.2) is 14.5 Å². The van der Waals surface area contributed by atoms with Crippen LogP contribution >= 0.6 is 0 Å². The second-order valence-electron chi connectivity index (χ2n) is 9.24. The van der Waals surface area contributed by atoms with Gasteiger partial charge in [-0.3, -0.25) is 4.98 Å². The second kappa shape index (κ2) is 8.17. The maximum atomic E-state index is 4.95. The fourth-order valence-electron chi connectivity index (χ4n) is 5.13. The van der Waals surface area contributed by atoms with E-state index in [9.17, 15) is 0 Å². The van der Waals surface area contributed by atoms with Gasteiger partial charge in [0.2, 0.25) is 0 Å². The molecule has 0 spiro atoms. The van der Waals surface area contributed by atoms with Crippen LogP contribution in [0, 0.1) is 6.92 Å². The van der Waals surface area contributed by atoms with Crippen LogP contribution < -0.4 is 0 Å². The standard InChI is InChI=1S/C33H23N3/c1-22-17-18-34-31(19-22)24-8-6-9-26(20-24)36-32-12-5-3-10-27(32)28-15-13-25(21-33(28)36)30-16-14-23-7-2-4-11-29(23)35-30/h2-21H,1H3. The van der Waals surface area contributed by atoms with Crippen molar-refractivity contribution in [2.75, 3.05) is 0 Å². The van der Waals surface area contributed by atoms with Crippen molar-refractivity contribution in [1.82, 2.24) is 14.5 Å². The topological polar surface area (TPSA) is 30.7 Å². The highest BCUT2D eigenvalue weighted by molar-refractivity contribution is 6.10. The number of hydrogen-bond acceptors (Lipinski definition) is 2. The van der Waals surface area contributed by atoms with Crippen LogP contribution in [0.1, 0.15) is 5.56 Å². The van der Waals surface area contributed by atoms with Gasteiger partial charge < -0.3 is 4.57 Å². The largest absolute Gasteiger partial charge is 0.309 e. The van der Waals surface area contributed by atoms with E-state index in [1.807, 2.05) is 18.3 Å². The SMILES string of the molecule is Cc1ccnc(-c2cccc(-n3c4ccccc4c4ccc(-c5ccc6ccccc6n5)cc43)c2)c1. The minimum absolute atomic E-state index is 0.977. The quantitative estimate of drug-likeness (QED) is 0.265. The second-order valence-corrected chi connectivity index (χ2v) is 9.24. The van der Waals surface area contributed by atoms with Crippen molar-refractivity contribution in [2.45, 2.75) is 6.92 Å². The number of benzene rings is 4. The third-order valence-electron chi connectivity index (χ3n) is 6.88. The van der Waals surface area contributed by atoms with Crippen molar-refractivity contribution < 1.29 is 0 Å². The molecule has 0 saturated heterocycles. The van der Waals surface area contributed by atoms with Crippen LogP contribution in [-0.2, 0) is 0 Å². The van der Waals surface area contributed by atoms with Gasteiger partial charge in [-0.1, -0.05) is 66.7 Å². The molecule has 7 rings (SSSR count). The number of hydrogen-bond donors (Lipinski definition) is 0. The molecule has 0 unspecified atom stereocenters. The number of nitrogens with zero attached hydrogens (tertiary/aromatic N) is 3. The summed E-state index contributed by atoms with van der Waals surface area (Å²) in [5.74, 6) is 0. The molecule has 0 aliphatic carbocycles. The van der Waals surface area contributed by atoms with E-state index in [-0.39, 0.29) is 0 Å². The van der Waals surface area contributed by atoms with E-state index < -0.39 is 0 Å². The summed E-state index contributed by atoms with van der Waals surface area (Å²) in [6.45, 7) is 2.10. The molecule has 3 aromatic heterocycles. The molecule has 0 bridgehead atoms. The summed E-state index contributed by atoms with van der Waals surface area (Å²) >= 11 is 0. The predicted molar refractivity (Wildman–Crippen MR) is 149 cm³/mol. The zero-order valence-corrected chi connectivity index (χ0v) is 19.9. The van der Waals surface area contributed by atoms with Crippen LogP contribution in [0.15, 0.2) is 121 Å². The van der Waals surface area contributed by atoms with Gasteiger partial charge in [0.1, 0.15) is 0 Å². The Balaban J connectivity index is 1.46. The first-order valence-corrected chi connectivity index (χ1v) is 12.2. The molecule has 0 atom stereocenters. The lowest BCUT2D eigenvalue weighted by Gasteiger charge is -2.11. The first-order chi connectivity index (χ1) is 17.7. The van der Waals surface area contributed by atoms with Gasteiger partial charge in [-0.15, -0.1) is 0 Å². The lowest BCUT2D eigenvalue weighted by Crippen LogP contribution is -1.95. The smallest absolute Gasteiger partial charge is 0.0710 e. The van der Waals surface area contributed by atoms with E-state index in [1.165, 1.54) is 21.9 Å². The number of rotatable bonds is 3. The summed E-state index contributed by atoms with van der Waals surface area (Å²) in [6, 6.07) is 40.6. The molecule has 0 N–H and O–H groups in total. The zero-order chi connectivity index (χ0) is 24.1. The molecule has 0 saturated carbocycles. The summed E-state index contributed by atoms with van der Waals surface area (Å²) in [6.07, 6.45) is 1.88. The Hall–Kier alpha value is -4.76. The average molecular weight is 462 g/mol. The molecule has 4 aromatic carbocycles. The van der Waals surface area contributed by atoms with Gasteiger partial charge in [0.15, 0.2) is 0 Å². The van der Waals surface area contributed by atoms with Crippen LogP contribution in [0.4, 0.5) is 0 Å². The van der Waals surface area contributed by atoms with Crippen molar-refractivity contribution in [1.29, 1.82) is 0 Å². The van der Waals surface area contributed by atoms with Crippen molar-refractivity contribution in [3.05, 3.63) is 127 Å². The molecule has 3 heteroatoms. The van der Waals surface area contributed by atoms with Gasteiger partial charge in [0.05, 0.1) is 27.9 Å². The maximum absolute atomic E-state index is 4.95. The molecule has 7 aromatic rings. The van der Waals surface area contributed by atoms with Gasteiger partial charge in [0.25, 0.3) is 0 Å². The zero-order valence-electron chi connectivity index (χ0n) is 19.9. The van der Waals surface area contributed by atoms with Gasteiger partial charge in [-0.05, 0) is 61.0 Å². The van der Waals surface area contributed by atoms with Gasteiger partial charge in [-0.25, -0.2) is 4.98 Å². The van der Waals surface area contributed by atoms with Crippen molar-refractivity contribution >= 4 is 32.7 Å². The molecule has 170 valence electrons. The van der Waals surface area contributed by atoms with E-state index in [0.29, 0.717) is 0 Å². The lowest BCUT2D eigenvalue weighted by atomic mass is 10.1. The van der Waals surface area contributed by atoms with Crippen LogP contribution in [0.3, 0.4) is 0 Å². The van der Waals surface area contributed by atoms with E-state index >= 15 is 0 Å². The molecule has 0 aliphatic heterocycles. The monoisotopic (exact) mass is 461 g/mol. The first kappa shape index (κ1) is 20.6. The van der Waals surface area contributed by atoms with E-state index in [1.54, 1.807) is 0 Å².